The maximum absolute atomic E-state index is 8.83. The number of ether oxygens (including phenoxy) is 1. The summed E-state index contributed by atoms with van der Waals surface area (Å²) in [5.41, 5.74) is 7.55. The third-order valence-corrected chi connectivity index (χ3v) is 1.41. The molecule has 16 heavy (non-hydrogen) atoms. The Labute approximate surface area is 173 Å². The van der Waals surface area contributed by atoms with Gasteiger partial charge in [0.2, 0.25) is 0 Å². The number of hydrogen-bond acceptors (Lipinski definition) is 3. The van der Waals surface area contributed by atoms with Crippen molar-refractivity contribution in [2.45, 2.75) is 6.42 Å². The first-order chi connectivity index (χ1) is 6.26. The molecule has 0 bridgehead atoms. The van der Waals surface area contributed by atoms with Crippen molar-refractivity contribution in [1.82, 2.24) is 0 Å². The van der Waals surface area contributed by atoms with Gasteiger partial charge in [-0.3, -0.25) is 0 Å². The van der Waals surface area contributed by atoms with Crippen molar-refractivity contribution >= 4 is 12.2 Å². The second-order valence-electron chi connectivity index (χ2n) is 2.24. The molecule has 1 aromatic carbocycles. The Morgan fingerprint density at radius 1 is 1.31 bits per heavy atom. The molecule has 6 heteroatoms. The summed E-state index contributed by atoms with van der Waals surface area (Å²) in [6.45, 7) is 4.92. The zero-order valence-corrected chi connectivity index (χ0v) is 17.9. The second-order valence-corrected chi connectivity index (χ2v) is 2.24. The van der Waals surface area contributed by atoms with Gasteiger partial charge < -0.3 is 22.2 Å². The van der Waals surface area contributed by atoms with Crippen LogP contribution in [0.1, 0.15) is 5.56 Å². The van der Waals surface area contributed by atoms with Crippen molar-refractivity contribution in [2.75, 3.05) is 12.8 Å². The molecule has 3 nitrogen and oxygen atoms in total. The van der Waals surface area contributed by atoms with Crippen LogP contribution in [-0.2, 0) is 114 Å². The van der Waals surface area contributed by atoms with Crippen LogP contribution in [0.5, 0.6) is 0 Å². The first kappa shape index (κ1) is 26.4. The second kappa shape index (κ2) is 19.1. The number of benzene rings is 1. The van der Waals surface area contributed by atoms with Crippen LogP contribution in [0.4, 0.5) is 5.69 Å². The van der Waals surface area contributed by atoms with E-state index in [1.807, 2.05) is 24.3 Å². The summed E-state index contributed by atoms with van der Waals surface area (Å²) in [6.07, 6.45) is 0.771. The van der Waals surface area contributed by atoms with Gasteiger partial charge >= 0.3 is 0 Å². The van der Waals surface area contributed by atoms with Crippen LogP contribution < -0.4 is 5.73 Å². The molecule has 0 aliphatic rings. The molecule has 0 spiro atoms. The number of methoxy groups -OCH3 is 1. The first-order valence-electron chi connectivity index (χ1n) is 3.79. The van der Waals surface area contributed by atoms with E-state index in [9.17, 15) is 0 Å². The van der Waals surface area contributed by atoms with E-state index in [1.54, 1.807) is 0 Å². The van der Waals surface area contributed by atoms with Crippen molar-refractivity contribution < 1.29 is 108 Å². The molecule has 0 atom stereocenters. The van der Waals surface area contributed by atoms with Crippen molar-refractivity contribution in [1.29, 1.82) is 0 Å². The number of para-hydroxylation sites is 1. The Kier molecular flexibility index (Phi) is 31.6. The Balaban J connectivity index is -0.0000000921. The molecule has 0 aliphatic carbocycles. The molecule has 1 rings (SSSR count). The number of anilines is 1. The Morgan fingerprint density at radius 3 is 2.00 bits per heavy atom. The van der Waals surface area contributed by atoms with E-state index in [1.165, 1.54) is 13.6 Å². The summed E-state index contributed by atoms with van der Waals surface area (Å²) < 4.78 is 3.74. The summed E-state index contributed by atoms with van der Waals surface area (Å²) in [5, 5.41) is 0. The molecule has 0 amide bonds. The van der Waals surface area contributed by atoms with Crippen molar-refractivity contribution in [2.24, 2.45) is 0 Å². The van der Waals surface area contributed by atoms with E-state index in [0.717, 1.165) is 17.7 Å². The maximum atomic E-state index is 8.83. The van der Waals surface area contributed by atoms with Crippen molar-refractivity contribution in [3.05, 3.63) is 36.8 Å². The molecule has 0 heterocycles. The Morgan fingerprint density at radius 2 is 1.75 bits per heavy atom. The molecule has 0 fully saturated rings. The predicted octanol–water partition coefficient (Wildman–Crippen LogP) is 1.34. The van der Waals surface area contributed by atoms with E-state index in [2.05, 4.69) is 11.7 Å². The van der Waals surface area contributed by atoms with E-state index in [-0.39, 0.29) is 98.1 Å². The molecule has 81 valence electrons. The molecular weight excluding hydrogens is 433 g/mol. The number of carbonyl (C=O) groups excluding carboxylic acids is 1. The molecule has 2 N–H and O–H groups in total. The van der Waals surface area contributed by atoms with Gasteiger partial charge in [0, 0.05) is 111 Å². The number of rotatable bonds is 2. The summed E-state index contributed by atoms with van der Waals surface area (Å²) in [4.78, 5) is 8.83. The SMILES string of the molecule is CO[C-]=O.[CH2-]Cc1ccccc1N.[Y].[Y].[Y]. The van der Waals surface area contributed by atoms with Gasteiger partial charge in [-0.15, -0.1) is 0 Å². The topological polar surface area (TPSA) is 52.3 Å². The molecule has 0 aliphatic heterocycles. The summed E-state index contributed by atoms with van der Waals surface area (Å²) in [6, 6.07) is 7.77. The minimum Gasteiger partial charge on any atom is -0.655 e. The minimum atomic E-state index is 0. The quantitative estimate of drug-likeness (QED) is 0.552. The van der Waals surface area contributed by atoms with Crippen LogP contribution in [-0.4, -0.2) is 13.6 Å². The average Bonchev–Trinajstić information content (AvgIpc) is 2.19. The van der Waals surface area contributed by atoms with Gasteiger partial charge in [0.05, 0.1) is 0 Å². The van der Waals surface area contributed by atoms with Crippen LogP contribution in [0.15, 0.2) is 24.3 Å². The normalized spacial score (nSPS) is 6.62. The molecule has 0 unspecified atom stereocenters. The van der Waals surface area contributed by atoms with Gasteiger partial charge in [0.15, 0.2) is 0 Å². The molecular formula is C10H13NO2Y3-2. The molecule has 0 aromatic heterocycles. The van der Waals surface area contributed by atoms with Crippen LogP contribution in [0.2, 0.25) is 0 Å². The first-order valence-corrected chi connectivity index (χ1v) is 3.79. The zero-order valence-electron chi connectivity index (χ0n) is 9.35. The fourth-order valence-corrected chi connectivity index (χ4v) is 0.762. The average molecular weight is 446 g/mol. The molecule has 1 aromatic rings. The zero-order chi connectivity index (χ0) is 10.1. The number of hydrogen-bond donors (Lipinski definition) is 1. The third-order valence-electron chi connectivity index (χ3n) is 1.41. The van der Waals surface area contributed by atoms with Gasteiger partial charge in [0.25, 0.3) is 0 Å². The number of nitrogens with two attached hydrogens (primary N) is 1. The fraction of sp³-hybridized carbons (Fsp3) is 0.200. The Bertz CT molecular complexity index is 260. The molecule has 0 saturated carbocycles. The van der Waals surface area contributed by atoms with Gasteiger partial charge in [-0.05, 0) is 6.07 Å². The summed E-state index contributed by atoms with van der Waals surface area (Å²) in [5.74, 6) is 0. The largest absolute Gasteiger partial charge is 0.655 e. The Hall–Kier alpha value is 1.80. The van der Waals surface area contributed by atoms with E-state index >= 15 is 0 Å². The summed E-state index contributed by atoms with van der Waals surface area (Å²) in [7, 11) is 1.26. The third kappa shape index (κ3) is 13.9. The van der Waals surface area contributed by atoms with Gasteiger partial charge in [-0.2, -0.15) is 6.42 Å². The van der Waals surface area contributed by atoms with Crippen LogP contribution in [0.25, 0.3) is 0 Å². The van der Waals surface area contributed by atoms with Gasteiger partial charge in [0.1, 0.15) is 0 Å². The maximum Gasteiger partial charge on any atom is 0.0362 e. The van der Waals surface area contributed by atoms with Crippen molar-refractivity contribution in [3.8, 4) is 0 Å². The smallest absolute Gasteiger partial charge is 0.0362 e. The fourth-order valence-electron chi connectivity index (χ4n) is 0.762. The predicted molar refractivity (Wildman–Crippen MR) is 52.6 cm³/mol. The van der Waals surface area contributed by atoms with E-state index < -0.39 is 0 Å². The van der Waals surface area contributed by atoms with Gasteiger partial charge in [-0.25, -0.2) is 0 Å². The summed E-state index contributed by atoms with van der Waals surface area (Å²) >= 11 is 0. The van der Waals surface area contributed by atoms with E-state index in [4.69, 9.17) is 10.5 Å². The van der Waals surface area contributed by atoms with Crippen molar-refractivity contribution in [3.63, 3.8) is 0 Å². The van der Waals surface area contributed by atoms with Crippen LogP contribution in [0, 0.1) is 6.92 Å². The standard InChI is InChI=1S/C8H10N.C2H3O2.3Y/c1-2-7-5-3-4-6-8(7)9;1-4-2-3;;;/h3-6H,1-2,9H2;1H3;;;/q2*-1;;;. The molecule has 3 radical (unpaired) electrons. The molecule has 0 saturated heterocycles. The minimum absolute atomic E-state index is 0. The van der Waals surface area contributed by atoms with Gasteiger partial charge in [-0.1, -0.05) is 30.2 Å². The monoisotopic (exact) mass is 446 g/mol. The van der Waals surface area contributed by atoms with Crippen LogP contribution in [0.3, 0.4) is 0 Å². The number of nitrogen functional groups attached to an aromatic ring is 1. The van der Waals surface area contributed by atoms with Crippen LogP contribution >= 0.6 is 0 Å². The van der Waals surface area contributed by atoms with E-state index in [0.29, 0.717) is 0 Å².